The maximum absolute atomic E-state index is 13.4. The third kappa shape index (κ3) is 5.32. The van der Waals surface area contributed by atoms with Crippen molar-refractivity contribution in [3.63, 3.8) is 0 Å². The normalized spacial score (nSPS) is 10.2. The van der Waals surface area contributed by atoms with E-state index in [4.69, 9.17) is 26.4 Å². The lowest BCUT2D eigenvalue weighted by Gasteiger charge is -2.18. The van der Waals surface area contributed by atoms with Crippen LogP contribution >= 0.6 is 12.2 Å². The quantitative estimate of drug-likeness (QED) is 0.517. The smallest absolute Gasteiger partial charge is 0.338 e. The van der Waals surface area contributed by atoms with Crippen molar-refractivity contribution in [3.8, 4) is 11.5 Å². The SMILES string of the molecule is CCOc1cc(C(=O)OC)cc(NC(=S)Nc2ccc(F)c(C)c2)c1OCC. The highest BCUT2D eigenvalue weighted by Crippen LogP contribution is 2.37. The lowest BCUT2D eigenvalue weighted by molar-refractivity contribution is 0.0600. The molecule has 0 unspecified atom stereocenters. The fourth-order valence-corrected chi connectivity index (χ4v) is 2.72. The number of anilines is 2. The molecule has 0 heterocycles. The van der Waals surface area contributed by atoms with Crippen molar-refractivity contribution in [2.24, 2.45) is 0 Å². The third-order valence-electron chi connectivity index (χ3n) is 3.73. The van der Waals surface area contributed by atoms with Crippen LogP contribution in [0.1, 0.15) is 29.8 Å². The summed E-state index contributed by atoms with van der Waals surface area (Å²) in [6.07, 6.45) is 0. The summed E-state index contributed by atoms with van der Waals surface area (Å²) >= 11 is 5.35. The fraction of sp³-hybridized carbons (Fsp3) is 0.300. The number of benzene rings is 2. The first-order chi connectivity index (χ1) is 13.4. The minimum atomic E-state index is -0.514. The Morgan fingerprint density at radius 3 is 2.43 bits per heavy atom. The number of hydrogen-bond donors (Lipinski definition) is 2. The van der Waals surface area contributed by atoms with Gasteiger partial charge in [0.2, 0.25) is 0 Å². The Morgan fingerprint density at radius 1 is 1.11 bits per heavy atom. The van der Waals surface area contributed by atoms with Crippen molar-refractivity contribution in [2.45, 2.75) is 20.8 Å². The van der Waals surface area contributed by atoms with Crippen LogP contribution in [0.5, 0.6) is 11.5 Å². The van der Waals surface area contributed by atoms with Crippen LogP contribution in [0.3, 0.4) is 0 Å². The molecule has 0 bridgehead atoms. The maximum atomic E-state index is 13.4. The van der Waals surface area contributed by atoms with Gasteiger partial charge in [0.15, 0.2) is 16.6 Å². The van der Waals surface area contributed by atoms with E-state index in [1.807, 2.05) is 13.8 Å². The number of halogens is 1. The summed E-state index contributed by atoms with van der Waals surface area (Å²) in [6.45, 7) is 6.12. The topological polar surface area (TPSA) is 68.8 Å². The first kappa shape index (κ1) is 21.4. The molecule has 2 rings (SSSR count). The van der Waals surface area contributed by atoms with E-state index in [2.05, 4.69) is 10.6 Å². The average Bonchev–Trinajstić information content (AvgIpc) is 2.66. The summed E-state index contributed by atoms with van der Waals surface area (Å²) in [5.74, 6) is 0.0156. The van der Waals surface area contributed by atoms with E-state index in [1.165, 1.54) is 13.2 Å². The number of rotatable bonds is 7. The molecule has 2 aromatic rings. The zero-order chi connectivity index (χ0) is 20.7. The molecule has 0 spiro atoms. The molecule has 0 amide bonds. The molecule has 0 radical (unpaired) electrons. The number of hydrogen-bond acceptors (Lipinski definition) is 5. The van der Waals surface area contributed by atoms with Crippen LogP contribution in [0.4, 0.5) is 15.8 Å². The number of carbonyl (C=O) groups excluding carboxylic acids is 1. The molecule has 0 aliphatic carbocycles. The minimum absolute atomic E-state index is 0.247. The van der Waals surface area contributed by atoms with E-state index in [9.17, 15) is 9.18 Å². The van der Waals surface area contributed by atoms with Gasteiger partial charge in [0.1, 0.15) is 5.82 Å². The predicted molar refractivity (Wildman–Crippen MR) is 111 cm³/mol. The van der Waals surface area contributed by atoms with Crippen LogP contribution in [-0.2, 0) is 4.74 Å². The molecule has 2 N–H and O–H groups in total. The number of carbonyl (C=O) groups is 1. The van der Waals surface area contributed by atoms with Gasteiger partial charge in [-0.15, -0.1) is 0 Å². The van der Waals surface area contributed by atoms with Crippen molar-refractivity contribution in [2.75, 3.05) is 31.0 Å². The van der Waals surface area contributed by atoms with Crippen LogP contribution in [-0.4, -0.2) is 31.4 Å². The van der Waals surface area contributed by atoms with Gasteiger partial charge in [-0.2, -0.15) is 0 Å². The Kier molecular flexibility index (Phi) is 7.57. The van der Waals surface area contributed by atoms with Crippen LogP contribution in [0.15, 0.2) is 30.3 Å². The Hall–Kier alpha value is -2.87. The largest absolute Gasteiger partial charge is 0.490 e. The zero-order valence-electron chi connectivity index (χ0n) is 16.2. The standard InChI is InChI=1S/C20H23FN2O4S/c1-5-26-17-11-13(19(24)25-4)10-16(18(17)27-6-2)23-20(28)22-14-7-8-15(21)12(3)9-14/h7-11H,5-6H2,1-4H3,(H2,22,23,28). The Morgan fingerprint density at radius 2 is 1.82 bits per heavy atom. The van der Waals surface area contributed by atoms with Gasteiger partial charge in [0.05, 0.1) is 31.6 Å². The van der Waals surface area contributed by atoms with Gasteiger partial charge >= 0.3 is 5.97 Å². The number of ether oxygens (including phenoxy) is 3. The van der Waals surface area contributed by atoms with Crippen LogP contribution in [0, 0.1) is 12.7 Å². The number of esters is 1. The van der Waals surface area contributed by atoms with E-state index in [0.29, 0.717) is 41.7 Å². The number of nitrogens with one attached hydrogen (secondary N) is 2. The lowest BCUT2D eigenvalue weighted by Crippen LogP contribution is -2.20. The van der Waals surface area contributed by atoms with Gasteiger partial charge in [0, 0.05) is 5.69 Å². The molecule has 0 aliphatic heterocycles. The van der Waals surface area contributed by atoms with Gasteiger partial charge in [0.25, 0.3) is 0 Å². The summed E-state index contributed by atoms with van der Waals surface area (Å²) in [6, 6.07) is 7.71. The minimum Gasteiger partial charge on any atom is -0.490 e. The van der Waals surface area contributed by atoms with Crippen molar-refractivity contribution in [1.29, 1.82) is 0 Å². The number of thiocarbonyl (C=S) groups is 1. The van der Waals surface area contributed by atoms with Gasteiger partial charge < -0.3 is 24.8 Å². The highest BCUT2D eigenvalue weighted by atomic mass is 32.1. The zero-order valence-corrected chi connectivity index (χ0v) is 17.0. The number of aryl methyl sites for hydroxylation is 1. The van der Waals surface area contributed by atoms with Crippen LogP contribution in [0.2, 0.25) is 0 Å². The molecular formula is C20H23FN2O4S. The lowest BCUT2D eigenvalue weighted by atomic mass is 10.1. The van der Waals surface area contributed by atoms with Crippen molar-refractivity contribution < 1.29 is 23.4 Å². The summed E-state index contributed by atoms with van der Waals surface area (Å²) < 4.78 is 29.6. The van der Waals surface area contributed by atoms with E-state index in [0.717, 1.165) is 0 Å². The van der Waals surface area contributed by atoms with E-state index in [1.54, 1.807) is 31.2 Å². The summed E-state index contributed by atoms with van der Waals surface area (Å²) in [5.41, 5.74) is 1.86. The van der Waals surface area contributed by atoms with Crippen molar-refractivity contribution in [1.82, 2.24) is 0 Å². The summed E-state index contributed by atoms with van der Waals surface area (Å²) in [5, 5.41) is 6.24. The highest BCUT2D eigenvalue weighted by Gasteiger charge is 2.18. The van der Waals surface area contributed by atoms with Crippen LogP contribution < -0.4 is 20.1 Å². The summed E-state index contributed by atoms with van der Waals surface area (Å²) in [4.78, 5) is 12.0. The van der Waals surface area contributed by atoms with Gasteiger partial charge in [-0.1, -0.05) is 0 Å². The Labute approximate surface area is 169 Å². The summed E-state index contributed by atoms with van der Waals surface area (Å²) in [7, 11) is 1.30. The Bertz CT molecular complexity index is 874. The monoisotopic (exact) mass is 406 g/mol. The maximum Gasteiger partial charge on any atom is 0.338 e. The van der Waals surface area contributed by atoms with E-state index >= 15 is 0 Å². The predicted octanol–water partition coefficient (Wildman–Crippen LogP) is 4.53. The second-order valence-corrected chi connectivity index (χ2v) is 6.16. The van der Waals surface area contributed by atoms with Crippen LogP contribution in [0.25, 0.3) is 0 Å². The molecule has 28 heavy (non-hydrogen) atoms. The molecule has 6 nitrogen and oxygen atoms in total. The van der Waals surface area contributed by atoms with Gasteiger partial charge in [-0.05, 0) is 68.9 Å². The molecule has 0 saturated heterocycles. The van der Waals surface area contributed by atoms with Gasteiger partial charge in [-0.25, -0.2) is 9.18 Å². The second kappa shape index (κ2) is 9.89. The van der Waals surface area contributed by atoms with Crippen molar-refractivity contribution >= 4 is 34.7 Å². The van der Waals surface area contributed by atoms with E-state index in [-0.39, 0.29) is 16.5 Å². The number of methoxy groups -OCH3 is 1. The first-order valence-electron chi connectivity index (χ1n) is 8.75. The fourth-order valence-electron chi connectivity index (χ4n) is 2.49. The second-order valence-electron chi connectivity index (χ2n) is 5.75. The van der Waals surface area contributed by atoms with Gasteiger partial charge in [-0.3, -0.25) is 0 Å². The molecule has 2 aromatic carbocycles. The molecule has 8 heteroatoms. The third-order valence-corrected chi connectivity index (χ3v) is 3.93. The van der Waals surface area contributed by atoms with Crippen molar-refractivity contribution in [3.05, 3.63) is 47.3 Å². The molecule has 150 valence electrons. The molecule has 0 fully saturated rings. The van der Waals surface area contributed by atoms with E-state index < -0.39 is 5.97 Å². The highest BCUT2D eigenvalue weighted by molar-refractivity contribution is 7.80. The molecule has 0 aliphatic rings. The molecular weight excluding hydrogens is 383 g/mol. The molecule has 0 aromatic heterocycles. The molecule has 0 saturated carbocycles. The first-order valence-corrected chi connectivity index (χ1v) is 9.16. The molecule has 0 atom stereocenters. The Balaban J connectivity index is 2.34. The average molecular weight is 406 g/mol.